The van der Waals surface area contributed by atoms with Crippen molar-refractivity contribution in [3.05, 3.63) is 71.5 Å². The Morgan fingerprint density at radius 3 is 2.39 bits per heavy atom. The Balaban J connectivity index is 1.24. The Hall–Kier alpha value is -2.69. The van der Waals surface area contributed by atoms with E-state index in [0.29, 0.717) is 23.8 Å². The summed E-state index contributed by atoms with van der Waals surface area (Å²) in [6.07, 6.45) is 9.40. The topological polar surface area (TPSA) is 49.4 Å². The van der Waals surface area contributed by atoms with Crippen LogP contribution in [0.2, 0.25) is 0 Å². The van der Waals surface area contributed by atoms with E-state index in [4.69, 9.17) is 0 Å². The maximum absolute atomic E-state index is 13.2. The molecule has 176 valence electrons. The number of benzene rings is 2. The van der Waals surface area contributed by atoms with Gasteiger partial charge in [0.1, 0.15) is 11.9 Å². The molecule has 1 aliphatic heterocycles. The van der Waals surface area contributed by atoms with E-state index in [1.165, 1.54) is 24.8 Å². The zero-order chi connectivity index (χ0) is 23.0. The smallest absolute Gasteiger partial charge is 0.251 e. The van der Waals surface area contributed by atoms with Crippen molar-refractivity contribution in [1.82, 2.24) is 10.2 Å². The number of rotatable bonds is 10. The Bertz CT molecular complexity index is 909. The first-order chi connectivity index (χ1) is 16.1. The SMILES string of the molecule is O=C(N[C@@H](CCCCC[C@@H]1C[C@H]1c1ccc(F)cc1)C(=O)N1CCCCC1)c1ccccc1. The largest absolute Gasteiger partial charge is 0.341 e. The van der Waals surface area contributed by atoms with Crippen LogP contribution in [0.5, 0.6) is 0 Å². The zero-order valence-corrected chi connectivity index (χ0v) is 19.3. The maximum Gasteiger partial charge on any atom is 0.251 e. The fraction of sp³-hybridized carbons (Fsp3) is 0.500. The number of unbranched alkanes of at least 4 members (excludes halogenated alkanes) is 2. The van der Waals surface area contributed by atoms with Crippen LogP contribution in [0.4, 0.5) is 4.39 Å². The molecule has 1 heterocycles. The highest BCUT2D eigenvalue weighted by Crippen LogP contribution is 2.50. The fourth-order valence-electron chi connectivity index (χ4n) is 5.04. The molecule has 0 unspecified atom stereocenters. The molecule has 0 aromatic heterocycles. The van der Waals surface area contributed by atoms with Gasteiger partial charge in [-0.05, 0) is 80.2 Å². The Labute approximate surface area is 196 Å². The minimum absolute atomic E-state index is 0.0672. The fourth-order valence-corrected chi connectivity index (χ4v) is 5.04. The molecule has 1 aliphatic carbocycles. The van der Waals surface area contributed by atoms with Gasteiger partial charge in [0.25, 0.3) is 5.91 Å². The van der Waals surface area contributed by atoms with E-state index in [2.05, 4.69) is 5.32 Å². The van der Waals surface area contributed by atoms with Crippen molar-refractivity contribution < 1.29 is 14.0 Å². The molecule has 2 amide bonds. The van der Waals surface area contributed by atoms with Gasteiger partial charge in [-0.2, -0.15) is 0 Å². The first-order valence-electron chi connectivity index (χ1n) is 12.5. The van der Waals surface area contributed by atoms with Crippen LogP contribution in [0.15, 0.2) is 54.6 Å². The molecule has 5 heteroatoms. The van der Waals surface area contributed by atoms with Crippen molar-refractivity contribution in [2.45, 2.75) is 69.7 Å². The molecule has 1 saturated heterocycles. The van der Waals surface area contributed by atoms with Gasteiger partial charge in [0, 0.05) is 18.7 Å². The number of hydrogen-bond acceptors (Lipinski definition) is 2. The minimum atomic E-state index is -0.455. The summed E-state index contributed by atoms with van der Waals surface area (Å²) in [5.41, 5.74) is 1.84. The normalized spacial score (nSPS) is 20.8. The average Bonchev–Trinajstić information content (AvgIpc) is 3.63. The highest BCUT2D eigenvalue weighted by Gasteiger charge is 2.37. The summed E-state index contributed by atoms with van der Waals surface area (Å²) in [7, 11) is 0. The predicted octanol–water partition coefficient (Wildman–Crippen LogP) is 5.69. The summed E-state index contributed by atoms with van der Waals surface area (Å²) in [6.45, 7) is 1.59. The molecule has 1 saturated carbocycles. The molecule has 2 fully saturated rings. The summed E-state index contributed by atoms with van der Waals surface area (Å²) in [5.74, 6) is 0.982. The Kier molecular flexibility index (Phi) is 8.14. The Morgan fingerprint density at radius 2 is 1.67 bits per heavy atom. The van der Waals surface area contributed by atoms with E-state index < -0.39 is 6.04 Å². The lowest BCUT2D eigenvalue weighted by atomic mass is 10.0. The zero-order valence-electron chi connectivity index (χ0n) is 19.3. The van der Waals surface area contributed by atoms with Crippen molar-refractivity contribution in [1.29, 1.82) is 0 Å². The van der Waals surface area contributed by atoms with Crippen molar-refractivity contribution in [3.8, 4) is 0 Å². The number of nitrogens with zero attached hydrogens (tertiary/aromatic N) is 1. The number of halogens is 1. The summed E-state index contributed by atoms with van der Waals surface area (Å²) in [4.78, 5) is 27.8. The third kappa shape index (κ3) is 6.66. The highest BCUT2D eigenvalue weighted by atomic mass is 19.1. The van der Waals surface area contributed by atoms with Gasteiger partial charge < -0.3 is 10.2 Å². The lowest BCUT2D eigenvalue weighted by Crippen LogP contribution is -2.50. The lowest BCUT2D eigenvalue weighted by Gasteiger charge is -2.31. The monoisotopic (exact) mass is 450 g/mol. The van der Waals surface area contributed by atoms with Gasteiger partial charge >= 0.3 is 0 Å². The van der Waals surface area contributed by atoms with Crippen LogP contribution in [0.1, 0.15) is 79.6 Å². The van der Waals surface area contributed by atoms with Crippen LogP contribution in [0.25, 0.3) is 0 Å². The second-order valence-corrected chi connectivity index (χ2v) is 9.57. The molecule has 0 radical (unpaired) electrons. The number of amides is 2. The standard InChI is InChI=1S/C28H35FN2O2/c29-24-16-14-21(15-17-24)25-20-23(25)12-6-2-7-13-26(28(33)31-18-8-3-9-19-31)30-27(32)22-10-4-1-5-11-22/h1,4-5,10-11,14-17,23,25-26H,2-3,6-9,12-13,18-20H2,(H,30,32)/t23-,25+,26+/m1/s1. The third-order valence-electron chi connectivity index (χ3n) is 7.10. The van der Waals surface area contributed by atoms with E-state index in [9.17, 15) is 14.0 Å². The molecule has 0 bridgehead atoms. The van der Waals surface area contributed by atoms with Crippen molar-refractivity contribution in [2.75, 3.05) is 13.1 Å². The van der Waals surface area contributed by atoms with Gasteiger partial charge in [0.05, 0.1) is 0 Å². The van der Waals surface area contributed by atoms with Crippen LogP contribution in [-0.2, 0) is 4.79 Å². The summed E-state index contributed by atoms with van der Waals surface area (Å²) >= 11 is 0. The van der Waals surface area contributed by atoms with E-state index in [1.54, 1.807) is 24.3 Å². The van der Waals surface area contributed by atoms with Gasteiger partial charge in [-0.1, -0.05) is 49.6 Å². The summed E-state index contributed by atoms with van der Waals surface area (Å²) in [5, 5.41) is 3.01. The van der Waals surface area contributed by atoms with Gasteiger partial charge in [-0.15, -0.1) is 0 Å². The molecule has 2 aliphatic rings. The van der Waals surface area contributed by atoms with Crippen molar-refractivity contribution in [3.63, 3.8) is 0 Å². The van der Waals surface area contributed by atoms with E-state index in [0.717, 1.165) is 45.2 Å². The second kappa shape index (κ2) is 11.4. The highest BCUT2D eigenvalue weighted by molar-refractivity contribution is 5.97. The number of likely N-dealkylation sites (tertiary alicyclic amines) is 1. The molecule has 0 spiro atoms. The lowest BCUT2D eigenvalue weighted by molar-refractivity contribution is -0.134. The number of carbonyl (C=O) groups is 2. The average molecular weight is 451 g/mol. The first-order valence-corrected chi connectivity index (χ1v) is 12.5. The van der Waals surface area contributed by atoms with Gasteiger partial charge in [-0.25, -0.2) is 4.39 Å². The van der Waals surface area contributed by atoms with E-state index in [-0.39, 0.29) is 17.6 Å². The van der Waals surface area contributed by atoms with E-state index >= 15 is 0 Å². The van der Waals surface area contributed by atoms with E-state index in [1.807, 2.05) is 35.2 Å². The molecule has 3 atom stereocenters. The van der Waals surface area contributed by atoms with Gasteiger partial charge in [-0.3, -0.25) is 9.59 Å². The molecule has 1 N–H and O–H groups in total. The molecule has 2 aromatic rings. The van der Waals surface area contributed by atoms with Crippen LogP contribution < -0.4 is 5.32 Å². The van der Waals surface area contributed by atoms with Crippen molar-refractivity contribution >= 4 is 11.8 Å². The van der Waals surface area contributed by atoms with Crippen LogP contribution in [-0.4, -0.2) is 35.8 Å². The van der Waals surface area contributed by atoms with Gasteiger partial charge in [0.2, 0.25) is 5.91 Å². The van der Waals surface area contributed by atoms with Crippen LogP contribution >= 0.6 is 0 Å². The maximum atomic E-state index is 13.2. The van der Waals surface area contributed by atoms with Gasteiger partial charge in [0.15, 0.2) is 0 Å². The Morgan fingerprint density at radius 1 is 0.939 bits per heavy atom. The van der Waals surface area contributed by atoms with Crippen LogP contribution in [0, 0.1) is 11.7 Å². The molecule has 4 rings (SSSR count). The molecule has 2 aromatic carbocycles. The van der Waals surface area contributed by atoms with Crippen molar-refractivity contribution in [2.24, 2.45) is 5.92 Å². The first kappa shape index (κ1) is 23.5. The number of nitrogens with one attached hydrogen (secondary N) is 1. The third-order valence-corrected chi connectivity index (χ3v) is 7.10. The molecule has 33 heavy (non-hydrogen) atoms. The summed E-state index contributed by atoms with van der Waals surface area (Å²) < 4.78 is 13.1. The quantitative estimate of drug-likeness (QED) is 0.473. The molecule has 4 nitrogen and oxygen atoms in total. The number of piperidine rings is 1. The number of hydrogen-bond donors (Lipinski definition) is 1. The second-order valence-electron chi connectivity index (χ2n) is 9.57. The minimum Gasteiger partial charge on any atom is -0.341 e. The predicted molar refractivity (Wildman–Crippen MR) is 128 cm³/mol. The van der Waals surface area contributed by atoms with Crippen LogP contribution in [0.3, 0.4) is 0 Å². The molecular formula is C28H35FN2O2. The number of carbonyl (C=O) groups excluding carboxylic acids is 2. The summed E-state index contributed by atoms with van der Waals surface area (Å²) in [6, 6.07) is 15.6. The molecular weight excluding hydrogens is 415 g/mol.